The molecule has 1 unspecified atom stereocenters. The highest BCUT2D eigenvalue weighted by molar-refractivity contribution is 7.70. The summed E-state index contributed by atoms with van der Waals surface area (Å²) in [4.78, 5) is 25.1. The molecule has 2 aliphatic heterocycles. The van der Waals surface area contributed by atoms with Crippen LogP contribution in [-0.4, -0.2) is 66.4 Å². The summed E-state index contributed by atoms with van der Waals surface area (Å²) in [6, 6.07) is 11.5. The number of halogens is 1. The lowest BCUT2D eigenvalue weighted by atomic mass is 10.0. The zero-order valence-corrected chi connectivity index (χ0v) is 23.2. The van der Waals surface area contributed by atoms with Gasteiger partial charge in [0, 0.05) is 36.7 Å². The highest BCUT2D eigenvalue weighted by atomic mass is 35.5. The van der Waals surface area contributed by atoms with Gasteiger partial charge in [-0.2, -0.15) is 4.98 Å². The standard InChI is InChI=1S/C27H30ClN6O3P/c1-5-24(35)33-10-11-34-19(15-33)16-37-22-13-18(12-17(2)25(22)34)30-27-29-14-20(28)26(32-27)31-21-8-6-7-9-23(21)38(3,4)36/h5-9,12-14,19H,1,10-11,15-16H2,2-4H3,(H2,29,30,31,32). The van der Waals surface area contributed by atoms with Crippen molar-refractivity contribution >= 4 is 58.8 Å². The summed E-state index contributed by atoms with van der Waals surface area (Å²) >= 11 is 6.40. The van der Waals surface area contributed by atoms with Crippen molar-refractivity contribution in [3.8, 4) is 5.75 Å². The minimum absolute atomic E-state index is 0.0505. The number of nitrogens with zero attached hydrogens (tertiary/aromatic N) is 4. The van der Waals surface area contributed by atoms with Gasteiger partial charge in [-0.15, -0.1) is 0 Å². The maximum atomic E-state index is 12.8. The molecule has 0 spiro atoms. The largest absolute Gasteiger partial charge is 0.489 e. The minimum atomic E-state index is -2.52. The van der Waals surface area contributed by atoms with Crippen LogP contribution in [0, 0.1) is 6.92 Å². The molecule has 2 N–H and O–H groups in total. The molecule has 2 aliphatic rings. The van der Waals surface area contributed by atoms with Crippen molar-refractivity contribution in [1.82, 2.24) is 14.9 Å². The lowest BCUT2D eigenvalue weighted by Gasteiger charge is -2.46. The van der Waals surface area contributed by atoms with Crippen LogP contribution in [0.3, 0.4) is 0 Å². The number of ether oxygens (including phenoxy) is 1. The lowest BCUT2D eigenvalue weighted by Crippen LogP contribution is -2.58. The zero-order valence-electron chi connectivity index (χ0n) is 21.6. The SMILES string of the molecule is C=CC(=O)N1CCN2c3c(C)cc(Nc4ncc(Cl)c(Nc5ccccc5P(C)(C)=O)n4)cc3OCC2C1. The van der Waals surface area contributed by atoms with Crippen molar-refractivity contribution in [1.29, 1.82) is 0 Å². The third-order valence-corrected chi connectivity index (χ3v) is 8.52. The Kier molecular flexibility index (Phi) is 7.07. The van der Waals surface area contributed by atoms with E-state index in [0.29, 0.717) is 42.2 Å². The fourth-order valence-electron chi connectivity index (χ4n) is 4.93. The summed E-state index contributed by atoms with van der Waals surface area (Å²) in [5, 5.41) is 7.54. The average molecular weight is 553 g/mol. The summed E-state index contributed by atoms with van der Waals surface area (Å²) in [6.45, 7) is 11.6. The van der Waals surface area contributed by atoms with E-state index in [1.165, 1.54) is 12.3 Å². The Morgan fingerprint density at radius 3 is 2.79 bits per heavy atom. The van der Waals surface area contributed by atoms with Crippen LogP contribution in [0.1, 0.15) is 5.56 Å². The second-order valence-corrected chi connectivity index (χ2v) is 13.4. The summed E-state index contributed by atoms with van der Waals surface area (Å²) < 4.78 is 18.9. The quantitative estimate of drug-likeness (QED) is 0.333. The van der Waals surface area contributed by atoms with E-state index < -0.39 is 7.14 Å². The maximum absolute atomic E-state index is 12.8. The Morgan fingerprint density at radius 2 is 2.03 bits per heavy atom. The van der Waals surface area contributed by atoms with Crippen LogP contribution < -0.4 is 25.6 Å². The van der Waals surface area contributed by atoms with Crippen LogP contribution in [0.4, 0.5) is 28.8 Å². The molecule has 11 heteroatoms. The van der Waals surface area contributed by atoms with Crippen molar-refractivity contribution in [2.45, 2.75) is 13.0 Å². The molecule has 0 aliphatic carbocycles. The minimum Gasteiger partial charge on any atom is -0.489 e. The number of piperazine rings is 1. The van der Waals surface area contributed by atoms with Gasteiger partial charge in [0.05, 0.1) is 23.6 Å². The number of carbonyl (C=O) groups excluding carboxylic acids is 1. The Morgan fingerprint density at radius 1 is 1.24 bits per heavy atom. The van der Waals surface area contributed by atoms with Gasteiger partial charge in [0.25, 0.3) is 0 Å². The topological polar surface area (TPSA) is 99.7 Å². The van der Waals surface area contributed by atoms with E-state index in [-0.39, 0.29) is 11.9 Å². The molecule has 38 heavy (non-hydrogen) atoms. The number of aryl methyl sites for hydroxylation is 1. The molecule has 1 atom stereocenters. The molecule has 3 aromatic rings. The van der Waals surface area contributed by atoms with Gasteiger partial charge in [0.15, 0.2) is 5.82 Å². The Bertz CT molecular complexity index is 1460. The number of rotatable bonds is 6. The van der Waals surface area contributed by atoms with Crippen molar-refractivity contribution in [2.75, 3.05) is 55.1 Å². The first-order valence-electron chi connectivity index (χ1n) is 12.3. The number of hydrogen-bond acceptors (Lipinski definition) is 8. The van der Waals surface area contributed by atoms with Gasteiger partial charge < -0.3 is 29.7 Å². The normalized spacial score (nSPS) is 16.7. The third kappa shape index (κ3) is 5.22. The van der Waals surface area contributed by atoms with E-state index >= 15 is 0 Å². The van der Waals surface area contributed by atoms with E-state index in [1.54, 1.807) is 13.3 Å². The van der Waals surface area contributed by atoms with Crippen LogP contribution in [-0.2, 0) is 9.36 Å². The molecule has 1 saturated heterocycles. The summed E-state index contributed by atoms with van der Waals surface area (Å²) in [7, 11) is -2.52. The van der Waals surface area contributed by atoms with Gasteiger partial charge >= 0.3 is 0 Å². The predicted octanol–water partition coefficient (Wildman–Crippen LogP) is 4.77. The first-order valence-corrected chi connectivity index (χ1v) is 15.3. The van der Waals surface area contributed by atoms with E-state index in [0.717, 1.165) is 34.5 Å². The number of hydrogen-bond donors (Lipinski definition) is 2. The highest BCUT2D eigenvalue weighted by Crippen LogP contribution is 2.41. The van der Waals surface area contributed by atoms with Gasteiger partial charge in [0.2, 0.25) is 11.9 Å². The zero-order chi connectivity index (χ0) is 27.0. The first-order chi connectivity index (χ1) is 18.1. The molecule has 0 radical (unpaired) electrons. The summed E-state index contributed by atoms with van der Waals surface area (Å²) in [6.07, 6.45) is 2.89. The average Bonchev–Trinajstić information content (AvgIpc) is 2.89. The molecule has 0 saturated carbocycles. The fraction of sp³-hybridized carbons (Fsp3) is 0.296. The molecule has 9 nitrogen and oxygen atoms in total. The molecule has 0 bridgehead atoms. The number of benzene rings is 2. The van der Waals surface area contributed by atoms with E-state index in [4.69, 9.17) is 16.3 Å². The van der Waals surface area contributed by atoms with Crippen molar-refractivity contribution in [3.05, 3.63) is 65.8 Å². The van der Waals surface area contributed by atoms with Gasteiger partial charge in [-0.25, -0.2) is 4.98 Å². The van der Waals surface area contributed by atoms with Gasteiger partial charge in [0.1, 0.15) is 24.5 Å². The lowest BCUT2D eigenvalue weighted by molar-refractivity contribution is -0.127. The smallest absolute Gasteiger partial charge is 0.246 e. The number of fused-ring (bicyclic) bond motifs is 3. The molecular formula is C27H30ClN6O3P. The highest BCUT2D eigenvalue weighted by Gasteiger charge is 2.35. The van der Waals surface area contributed by atoms with Crippen molar-refractivity contribution < 1.29 is 14.1 Å². The van der Waals surface area contributed by atoms with E-state index in [1.807, 2.05) is 48.2 Å². The fourth-order valence-corrected chi connectivity index (χ4v) is 6.22. The summed E-state index contributed by atoms with van der Waals surface area (Å²) in [5.41, 5.74) is 3.55. The van der Waals surface area contributed by atoms with Gasteiger partial charge in [-0.3, -0.25) is 4.79 Å². The number of aromatic nitrogens is 2. The molecule has 5 rings (SSSR count). The number of anilines is 5. The number of carbonyl (C=O) groups is 1. The molecule has 198 valence electrons. The van der Waals surface area contributed by atoms with Crippen LogP contribution >= 0.6 is 18.7 Å². The second-order valence-electron chi connectivity index (χ2n) is 9.79. The third-order valence-electron chi connectivity index (χ3n) is 6.69. The second kappa shape index (κ2) is 10.3. The Hall–Kier alpha value is -3.55. The molecular weight excluding hydrogens is 523 g/mol. The molecule has 1 fully saturated rings. The van der Waals surface area contributed by atoms with E-state index in [9.17, 15) is 9.36 Å². The van der Waals surface area contributed by atoms with E-state index in [2.05, 4.69) is 32.1 Å². The predicted molar refractivity (Wildman–Crippen MR) is 154 cm³/mol. The van der Waals surface area contributed by atoms with Crippen LogP contribution in [0.15, 0.2) is 55.3 Å². The van der Waals surface area contributed by atoms with Gasteiger partial charge in [-0.1, -0.05) is 30.3 Å². The number of para-hydroxylation sites is 1. The molecule has 1 aromatic heterocycles. The molecule has 3 heterocycles. The molecule has 2 aromatic carbocycles. The van der Waals surface area contributed by atoms with Crippen molar-refractivity contribution in [3.63, 3.8) is 0 Å². The first kappa shape index (κ1) is 26.1. The monoisotopic (exact) mass is 552 g/mol. The van der Waals surface area contributed by atoms with Crippen LogP contribution in [0.25, 0.3) is 0 Å². The molecule has 1 amide bonds. The summed E-state index contributed by atoms with van der Waals surface area (Å²) in [5.74, 6) is 1.49. The van der Waals surface area contributed by atoms with Gasteiger partial charge in [-0.05, 0) is 50.1 Å². The Balaban J connectivity index is 1.37. The van der Waals surface area contributed by atoms with Crippen LogP contribution in [0.2, 0.25) is 5.02 Å². The Labute approximate surface area is 227 Å². The number of nitrogens with one attached hydrogen (secondary N) is 2. The van der Waals surface area contributed by atoms with Crippen molar-refractivity contribution in [2.24, 2.45) is 0 Å². The van der Waals surface area contributed by atoms with Crippen LogP contribution in [0.5, 0.6) is 5.75 Å². The number of amides is 1. The maximum Gasteiger partial charge on any atom is 0.246 e.